The maximum atomic E-state index is 12.6. The standard InChI is InChI=1S/C8H10F3N3O3/c1-2-17-4-3-14-6(8(9,10)11)5(7(15)16)12-13-14/h2-4H2,1H3,(H,15,16). The molecule has 1 N–H and O–H groups in total. The number of carboxylic acids is 1. The Hall–Kier alpha value is -1.64. The number of nitrogens with zero attached hydrogens (tertiary/aromatic N) is 3. The number of hydrogen-bond acceptors (Lipinski definition) is 4. The van der Waals surface area contributed by atoms with Crippen molar-refractivity contribution in [2.24, 2.45) is 0 Å². The fourth-order valence-corrected chi connectivity index (χ4v) is 1.19. The molecule has 17 heavy (non-hydrogen) atoms. The highest BCUT2D eigenvalue weighted by Crippen LogP contribution is 2.30. The average Bonchev–Trinajstić information content (AvgIpc) is 2.61. The van der Waals surface area contributed by atoms with Crippen molar-refractivity contribution in [1.29, 1.82) is 0 Å². The third kappa shape index (κ3) is 3.16. The van der Waals surface area contributed by atoms with E-state index >= 15 is 0 Å². The lowest BCUT2D eigenvalue weighted by Crippen LogP contribution is -2.20. The summed E-state index contributed by atoms with van der Waals surface area (Å²) in [6.07, 6.45) is -4.82. The van der Waals surface area contributed by atoms with Crippen LogP contribution in [0.1, 0.15) is 23.1 Å². The number of ether oxygens (including phenoxy) is 1. The second-order valence-corrected chi connectivity index (χ2v) is 3.01. The largest absolute Gasteiger partial charge is 0.476 e. The zero-order chi connectivity index (χ0) is 13.1. The number of alkyl halides is 3. The Labute approximate surface area is 94.0 Å². The van der Waals surface area contributed by atoms with Crippen LogP contribution in [-0.2, 0) is 17.5 Å². The number of rotatable bonds is 5. The van der Waals surface area contributed by atoms with Gasteiger partial charge < -0.3 is 9.84 Å². The molecule has 0 aromatic carbocycles. The first-order chi connectivity index (χ1) is 7.88. The first kappa shape index (κ1) is 13.4. The van der Waals surface area contributed by atoms with Gasteiger partial charge in [-0.15, -0.1) is 5.10 Å². The van der Waals surface area contributed by atoms with Crippen molar-refractivity contribution < 1.29 is 27.8 Å². The van der Waals surface area contributed by atoms with Gasteiger partial charge in [-0.25, -0.2) is 9.48 Å². The molecule has 6 nitrogen and oxygen atoms in total. The van der Waals surface area contributed by atoms with E-state index in [-0.39, 0.29) is 13.2 Å². The molecule has 0 amide bonds. The van der Waals surface area contributed by atoms with Crippen molar-refractivity contribution in [3.05, 3.63) is 11.4 Å². The van der Waals surface area contributed by atoms with E-state index in [1.54, 1.807) is 6.92 Å². The molecule has 0 atom stereocenters. The lowest BCUT2D eigenvalue weighted by atomic mass is 10.3. The summed E-state index contributed by atoms with van der Waals surface area (Å²) in [6.45, 7) is 1.83. The Morgan fingerprint density at radius 2 is 2.18 bits per heavy atom. The molecule has 0 bridgehead atoms. The summed E-state index contributed by atoms with van der Waals surface area (Å²) in [5.41, 5.74) is -2.47. The number of halogens is 3. The Balaban J connectivity index is 3.01. The highest BCUT2D eigenvalue weighted by Gasteiger charge is 2.41. The van der Waals surface area contributed by atoms with Gasteiger partial charge in [0.05, 0.1) is 13.2 Å². The van der Waals surface area contributed by atoms with Gasteiger partial charge in [-0.2, -0.15) is 13.2 Å². The number of carboxylic acid groups (broad SMARTS) is 1. The van der Waals surface area contributed by atoms with Gasteiger partial charge in [0.25, 0.3) is 0 Å². The molecule has 0 spiro atoms. The van der Waals surface area contributed by atoms with Crippen LogP contribution in [0.2, 0.25) is 0 Å². The van der Waals surface area contributed by atoms with E-state index in [9.17, 15) is 18.0 Å². The lowest BCUT2D eigenvalue weighted by molar-refractivity contribution is -0.145. The fourth-order valence-electron chi connectivity index (χ4n) is 1.19. The van der Waals surface area contributed by atoms with Crippen molar-refractivity contribution >= 4 is 5.97 Å². The van der Waals surface area contributed by atoms with E-state index < -0.39 is 23.5 Å². The van der Waals surface area contributed by atoms with Crippen LogP contribution >= 0.6 is 0 Å². The SMILES string of the molecule is CCOCCn1nnc(C(=O)O)c1C(F)(F)F. The van der Waals surface area contributed by atoms with E-state index in [1.807, 2.05) is 0 Å². The topological polar surface area (TPSA) is 77.2 Å². The van der Waals surface area contributed by atoms with Gasteiger partial charge in [-0.3, -0.25) is 0 Å². The Kier molecular flexibility index (Phi) is 4.05. The van der Waals surface area contributed by atoms with E-state index in [4.69, 9.17) is 9.84 Å². The third-order valence-corrected chi connectivity index (χ3v) is 1.86. The molecule has 9 heteroatoms. The zero-order valence-electron chi connectivity index (χ0n) is 8.86. The molecule has 1 aromatic rings. The monoisotopic (exact) mass is 253 g/mol. The van der Waals surface area contributed by atoms with E-state index in [1.165, 1.54) is 0 Å². The Bertz CT molecular complexity index is 402. The average molecular weight is 253 g/mol. The van der Waals surface area contributed by atoms with Crippen molar-refractivity contribution in [2.75, 3.05) is 13.2 Å². The van der Waals surface area contributed by atoms with E-state index in [0.717, 1.165) is 0 Å². The summed E-state index contributed by atoms with van der Waals surface area (Å²) in [6, 6.07) is 0. The van der Waals surface area contributed by atoms with Gasteiger partial charge in [0.15, 0.2) is 5.69 Å². The summed E-state index contributed by atoms with van der Waals surface area (Å²) in [4.78, 5) is 10.6. The first-order valence-electron chi connectivity index (χ1n) is 4.69. The van der Waals surface area contributed by atoms with Crippen LogP contribution in [0.3, 0.4) is 0 Å². The maximum absolute atomic E-state index is 12.6. The highest BCUT2D eigenvalue weighted by atomic mass is 19.4. The molecular formula is C8H10F3N3O3. The summed E-state index contributed by atoms with van der Waals surface area (Å²) in [7, 11) is 0. The summed E-state index contributed by atoms with van der Waals surface area (Å²) >= 11 is 0. The Morgan fingerprint density at radius 3 is 2.65 bits per heavy atom. The van der Waals surface area contributed by atoms with Crippen LogP contribution in [0.4, 0.5) is 13.2 Å². The van der Waals surface area contributed by atoms with Gasteiger partial charge in [0.2, 0.25) is 5.69 Å². The van der Waals surface area contributed by atoms with Crippen molar-refractivity contribution in [2.45, 2.75) is 19.6 Å². The molecule has 0 unspecified atom stereocenters. The molecule has 1 aromatic heterocycles. The second-order valence-electron chi connectivity index (χ2n) is 3.01. The zero-order valence-corrected chi connectivity index (χ0v) is 8.86. The molecule has 0 saturated heterocycles. The van der Waals surface area contributed by atoms with Crippen molar-refractivity contribution in [3.8, 4) is 0 Å². The summed E-state index contributed by atoms with van der Waals surface area (Å²) < 4.78 is 43.2. The van der Waals surface area contributed by atoms with Gasteiger partial charge in [0.1, 0.15) is 0 Å². The van der Waals surface area contributed by atoms with Crippen LogP contribution in [0, 0.1) is 0 Å². The van der Waals surface area contributed by atoms with Gasteiger partial charge in [-0.1, -0.05) is 5.21 Å². The van der Waals surface area contributed by atoms with Crippen LogP contribution in [0.25, 0.3) is 0 Å². The van der Waals surface area contributed by atoms with Crippen LogP contribution in [-0.4, -0.2) is 39.3 Å². The second kappa shape index (κ2) is 5.13. The quantitative estimate of drug-likeness (QED) is 0.793. The van der Waals surface area contributed by atoms with E-state index in [0.29, 0.717) is 11.3 Å². The van der Waals surface area contributed by atoms with Gasteiger partial charge >= 0.3 is 12.1 Å². The minimum Gasteiger partial charge on any atom is -0.476 e. The van der Waals surface area contributed by atoms with Crippen LogP contribution < -0.4 is 0 Å². The molecule has 96 valence electrons. The smallest absolute Gasteiger partial charge is 0.435 e. The number of aromatic carboxylic acids is 1. The highest BCUT2D eigenvalue weighted by molar-refractivity contribution is 5.86. The lowest BCUT2D eigenvalue weighted by Gasteiger charge is -2.09. The number of aromatic nitrogens is 3. The third-order valence-electron chi connectivity index (χ3n) is 1.86. The molecule has 1 rings (SSSR count). The normalized spacial score (nSPS) is 11.8. The molecule has 0 aliphatic rings. The maximum Gasteiger partial charge on any atom is 0.435 e. The Morgan fingerprint density at radius 1 is 1.53 bits per heavy atom. The molecule has 0 aliphatic heterocycles. The molecule has 0 radical (unpaired) electrons. The molecule has 0 fully saturated rings. The minimum absolute atomic E-state index is 0.00198. The van der Waals surface area contributed by atoms with Crippen molar-refractivity contribution in [3.63, 3.8) is 0 Å². The predicted octanol–water partition coefficient (Wildman–Crippen LogP) is 1.03. The molecule has 0 saturated carbocycles. The number of carbonyl (C=O) groups is 1. The summed E-state index contributed by atoms with van der Waals surface area (Å²) in [5.74, 6) is -1.76. The van der Waals surface area contributed by atoms with Crippen molar-refractivity contribution in [1.82, 2.24) is 15.0 Å². The predicted molar refractivity (Wildman–Crippen MR) is 48.5 cm³/mol. The molecule has 0 aliphatic carbocycles. The first-order valence-corrected chi connectivity index (χ1v) is 4.69. The number of hydrogen-bond donors (Lipinski definition) is 1. The van der Waals surface area contributed by atoms with Gasteiger partial charge in [-0.05, 0) is 6.92 Å². The van der Waals surface area contributed by atoms with Crippen LogP contribution in [0.15, 0.2) is 0 Å². The van der Waals surface area contributed by atoms with Crippen LogP contribution in [0.5, 0.6) is 0 Å². The molecule has 1 heterocycles. The van der Waals surface area contributed by atoms with Gasteiger partial charge in [0, 0.05) is 6.61 Å². The fraction of sp³-hybridized carbons (Fsp3) is 0.625. The minimum atomic E-state index is -4.82. The van der Waals surface area contributed by atoms with E-state index in [2.05, 4.69) is 10.3 Å². The molecular weight excluding hydrogens is 243 g/mol. The summed E-state index contributed by atoms with van der Waals surface area (Å²) in [5, 5.41) is 14.7.